The van der Waals surface area contributed by atoms with Crippen LogP contribution in [0.5, 0.6) is 0 Å². The smallest absolute Gasteiger partial charge is 0.0757 e. The van der Waals surface area contributed by atoms with Crippen LogP contribution in [0.1, 0.15) is 45.3 Å². The summed E-state index contributed by atoms with van der Waals surface area (Å²) >= 11 is 0. The molecule has 2 atom stereocenters. The third-order valence-corrected chi connectivity index (χ3v) is 3.51. The molecule has 0 aromatic carbocycles. The van der Waals surface area contributed by atoms with E-state index in [9.17, 15) is 0 Å². The second-order valence-corrected chi connectivity index (χ2v) is 5.51. The molecule has 4 heteroatoms. The SMILES string of the molecule is CCOC(C(N)Cc1ccn(C(C)C)n1)C1CC1. The standard InChI is InChI=1S/C14H25N3O/c1-4-18-14(11-5-6-11)13(15)9-12-7-8-17(16-12)10(2)3/h7-8,10-11,13-14H,4-6,9,15H2,1-3H3. The molecule has 0 spiro atoms. The summed E-state index contributed by atoms with van der Waals surface area (Å²) in [7, 11) is 0. The lowest BCUT2D eigenvalue weighted by atomic mass is 10.0. The minimum absolute atomic E-state index is 0.0629. The second-order valence-electron chi connectivity index (χ2n) is 5.51. The molecule has 2 rings (SSSR count). The topological polar surface area (TPSA) is 53.1 Å². The molecule has 1 aliphatic rings. The number of aromatic nitrogens is 2. The van der Waals surface area contributed by atoms with E-state index >= 15 is 0 Å². The first-order valence-corrected chi connectivity index (χ1v) is 7.03. The van der Waals surface area contributed by atoms with Crippen molar-refractivity contribution in [2.24, 2.45) is 11.7 Å². The van der Waals surface area contributed by atoms with Gasteiger partial charge in [-0.2, -0.15) is 5.10 Å². The van der Waals surface area contributed by atoms with Crippen molar-refractivity contribution < 1.29 is 4.74 Å². The summed E-state index contributed by atoms with van der Waals surface area (Å²) in [6, 6.07) is 2.53. The number of nitrogens with two attached hydrogens (primary N) is 1. The molecule has 2 N–H and O–H groups in total. The Morgan fingerprint density at radius 1 is 1.50 bits per heavy atom. The summed E-state index contributed by atoms with van der Waals surface area (Å²) in [6.07, 6.45) is 5.57. The van der Waals surface area contributed by atoms with E-state index in [1.54, 1.807) is 0 Å². The van der Waals surface area contributed by atoms with Crippen LogP contribution < -0.4 is 5.73 Å². The van der Waals surface area contributed by atoms with Crippen molar-refractivity contribution in [1.82, 2.24) is 9.78 Å². The summed E-state index contributed by atoms with van der Waals surface area (Å²) in [6.45, 7) is 7.04. The van der Waals surface area contributed by atoms with Crippen molar-refractivity contribution in [3.8, 4) is 0 Å². The number of hydrogen-bond donors (Lipinski definition) is 1. The zero-order chi connectivity index (χ0) is 13.1. The van der Waals surface area contributed by atoms with Crippen LogP contribution in [0, 0.1) is 5.92 Å². The van der Waals surface area contributed by atoms with Gasteiger partial charge in [0.25, 0.3) is 0 Å². The van der Waals surface area contributed by atoms with Gasteiger partial charge in [-0.15, -0.1) is 0 Å². The molecule has 0 saturated heterocycles. The molecule has 1 aromatic heterocycles. The molecule has 102 valence electrons. The number of rotatable bonds is 7. The zero-order valence-electron chi connectivity index (χ0n) is 11.7. The maximum atomic E-state index is 6.29. The molecule has 2 unspecified atom stereocenters. The molecular formula is C14H25N3O. The van der Waals surface area contributed by atoms with E-state index < -0.39 is 0 Å². The summed E-state index contributed by atoms with van der Waals surface area (Å²) in [4.78, 5) is 0. The largest absolute Gasteiger partial charge is 0.377 e. The normalized spacial score (nSPS) is 19.2. The van der Waals surface area contributed by atoms with Crippen LogP contribution in [0.3, 0.4) is 0 Å². The van der Waals surface area contributed by atoms with E-state index in [0.717, 1.165) is 18.7 Å². The molecule has 1 fully saturated rings. The van der Waals surface area contributed by atoms with E-state index in [2.05, 4.69) is 25.0 Å². The molecular weight excluding hydrogens is 226 g/mol. The van der Waals surface area contributed by atoms with Crippen LogP contribution >= 0.6 is 0 Å². The number of hydrogen-bond acceptors (Lipinski definition) is 3. The Kier molecular flexibility index (Phi) is 4.40. The van der Waals surface area contributed by atoms with Gasteiger partial charge in [-0.1, -0.05) is 0 Å². The monoisotopic (exact) mass is 251 g/mol. The third-order valence-electron chi connectivity index (χ3n) is 3.51. The van der Waals surface area contributed by atoms with Crippen LogP contribution in [0.15, 0.2) is 12.3 Å². The van der Waals surface area contributed by atoms with Crippen LogP contribution in [-0.4, -0.2) is 28.5 Å². The Labute approximate surface area is 110 Å². The predicted molar refractivity (Wildman–Crippen MR) is 72.4 cm³/mol. The van der Waals surface area contributed by atoms with E-state index in [1.165, 1.54) is 12.8 Å². The molecule has 1 heterocycles. The van der Waals surface area contributed by atoms with Gasteiger partial charge in [-0.25, -0.2) is 0 Å². The zero-order valence-corrected chi connectivity index (χ0v) is 11.7. The van der Waals surface area contributed by atoms with Crippen molar-refractivity contribution in [3.63, 3.8) is 0 Å². The maximum absolute atomic E-state index is 6.29. The van der Waals surface area contributed by atoms with Gasteiger partial charge in [0.15, 0.2) is 0 Å². The highest BCUT2D eigenvalue weighted by Crippen LogP contribution is 2.36. The average Bonchev–Trinajstić information content (AvgIpc) is 3.05. The van der Waals surface area contributed by atoms with Crippen molar-refractivity contribution >= 4 is 0 Å². The van der Waals surface area contributed by atoms with E-state index in [-0.39, 0.29) is 12.1 Å². The molecule has 0 bridgehead atoms. The van der Waals surface area contributed by atoms with Gasteiger partial charge in [-0.3, -0.25) is 4.68 Å². The highest BCUT2D eigenvalue weighted by molar-refractivity contribution is 5.04. The van der Waals surface area contributed by atoms with Crippen LogP contribution in [0.4, 0.5) is 0 Å². The van der Waals surface area contributed by atoms with Crippen LogP contribution in [-0.2, 0) is 11.2 Å². The fourth-order valence-electron chi connectivity index (χ4n) is 2.36. The Bertz CT molecular complexity index is 371. The minimum atomic E-state index is 0.0629. The first-order chi connectivity index (χ1) is 8.61. The molecule has 4 nitrogen and oxygen atoms in total. The highest BCUT2D eigenvalue weighted by Gasteiger charge is 2.35. The van der Waals surface area contributed by atoms with Gasteiger partial charge < -0.3 is 10.5 Å². The van der Waals surface area contributed by atoms with Gasteiger partial charge in [0.2, 0.25) is 0 Å². The molecule has 0 radical (unpaired) electrons. The minimum Gasteiger partial charge on any atom is -0.377 e. The maximum Gasteiger partial charge on any atom is 0.0757 e. The average molecular weight is 251 g/mol. The molecule has 0 amide bonds. The summed E-state index contributed by atoms with van der Waals surface area (Å²) in [5, 5.41) is 4.55. The van der Waals surface area contributed by atoms with Gasteiger partial charge in [0.05, 0.1) is 11.8 Å². The van der Waals surface area contributed by atoms with E-state index in [1.807, 2.05) is 17.8 Å². The lowest BCUT2D eigenvalue weighted by Gasteiger charge is -2.23. The second kappa shape index (κ2) is 5.85. The molecule has 1 saturated carbocycles. The Morgan fingerprint density at radius 3 is 2.72 bits per heavy atom. The first kappa shape index (κ1) is 13.6. The fourth-order valence-corrected chi connectivity index (χ4v) is 2.36. The Morgan fingerprint density at radius 2 is 2.22 bits per heavy atom. The van der Waals surface area contributed by atoms with Gasteiger partial charge in [0, 0.05) is 31.3 Å². The van der Waals surface area contributed by atoms with Crippen molar-refractivity contribution in [1.29, 1.82) is 0 Å². The summed E-state index contributed by atoms with van der Waals surface area (Å²) < 4.78 is 7.78. The van der Waals surface area contributed by atoms with Crippen LogP contribution in [0.2, 0.25) is 0 Å². The highest BCUT2D eigenvalue weighted by atomic mass is 16.5. The molecule has 0 aliphatic heterocycles. The Hall–Kier alpha value is -0.870. The van der Waals surface area contributed by atoms with Crippen molar-refractivity contribution in [3.05, 3.63) is 18.0 Å². The summed E-state index contributed by atoms with van der Waals surface area (Å²) in [5.41, 5.74) is 7.36. The third kappa shape index (κ3) is 3.33. The molecule has 1 aromatic rings. The van der Waals surface area contributed by atoms with Crippen LogP contribution in [0.25, 0.3) is 0 Å². The van der Waals surface area contributed by atoms with E-state index in [4.69, 9.17) is 10.5 Å². The lowest BCUT2D eigenvalue weighted by molar-refractivity contribution is 0.0285. The van der Waals surface area contributed by atoms with Gasteiger partial charge >= 0.3 is 0 Å². The Balaban J connectivity index is 1.93. The predicted octanol–water partition coefficient (Wildman–Crippen LogP) is 2.15. The fraction of sp³-hybridized carbons (Fsp3) is 0.786. The lowest BCUT2D eigenvalue weighted by Crippen LogP contribution is -2.40. The number of ether oxygens (including phenoxy) is 1. The number of nitrogens with zero attached hydrogens (tertiary/aromatic N) is 2. The van der Waals surface area contributed by atoms with Gasteiger partial charge in [0.1, 0.15) is 0 Å². The first-order valence-electron chi connectivity index (χ1n) is 7.03. The molecule has 18 heavy (non-hydrogen) atoms. The van der Waals surface area contributed by atoms with Crippen molar-refractivity contribution in [2.75, 3.05) is 6.61 Å². The van der Waals surface area contributed by atoms with E-state index in [0.29, 0.717) is 12.0 Å². The van der Waals surface area contributed by atoms with Crippen molar-refractivity contribution in [2.45, 2.75) is 58.2 Å². The van der Waals surface area contributed by atoms with Gasteiger partial charge in [-0.05, 0) is 45.6 Å². The molecule has 1 aliphatic carbocycles. The quantitative estimate of drug-likeness (QED) is 0.808. The summed E-state index contributed by atoms with van der Waals surface area (Å²) in [5.74, 6) is 0.673.